The summed E-state index contributed by atoms with van der Waals surface area (Å²) in [5.74, 6) is 0.535. The fraction of sp³-hybridized carbons (Fsp3) is 0.261. The Bertz CT molecular complexity index is 1330. The second kappa shape index (κ2) is 7.67. The molecule has 0 fully saturated rings. The lowest BCUT2D eigenvalue weighted by Crippen LogP contribution is -2.11. The Morgan fingerprint density at radius 2 is 2.03 bits per heavy atom. The van der Waals surface area contributed by atoms with Crippen molar-refractivity contribution in [2.24, 2.45) is 0 Å². The largest absolute Gasteiger partial charge is 0.482 e. The summed E-state index contributed by atoms with van der Waals surface area (Å²) in [6.07, 6.45) is -0.351. The number of nitrogen functional groups attached to an aromatic ring is 1. The number of fused-ring (bicyclic) bond motifs is 7. The van der Waals surface area contributed by atoms with Crippen molar-refractivity contribution in [2.45, 2.75) is 39.8 Å². The lowest BCUT2D eigenvalue weighted by Gasteiger charge is -2.21. The van der Waals surface area contributed by atoms with Crippen LogP contribution in [0, 0.1) is 13.8 Å². The van der Waals surface area contributed by atoms with E-state index in [1.54, 1.807) is 10.7 Å². The molecule has 164 valence electrons. The van der Waals surface area contributed by atoms with Crippen molar-refractivity contribution in [3.63, 3.8) is 0 Å². The maximum Gasteiger partial charge on any atom is 0.267 e. The van der Waals surface area contributed by atoms with Crippen molar-refractivity contribution < 1.29 is 13.5 Å². The summed E-state index contributed by atoms with van der Waals surface area (Å²) in [5.41, 5.74) is 10.5. The molecule has 5 rings (SSSR count). The predicted molar refractivity (Wildman–Crippen MR) is 120 cm³/mol. The third kappa shape index (κ3) is 3.42. The van der Waals surface area contributed by atoms with Gasteiger partial charge in [-0.2, -0.15) is 5.10 Å². The second-order valence-electron chi connectivity index (χ2n) is 7.87. The van der Waals surface area contributed by atoms with Crippen LogP contribution >= 0.6 is 11.3 Å². The first-order valence-corrected chi connectivity index (χ1v) is 11.0. The molecule has 6 nitrogen and oxygen atoms in total. The minimum Gasteiger partial charge on any atom is -0.482 e. The van der Waals surface area contributed by atoms with E-state index in [1.807, 2.05) is 32.9 Å². The van der Waals surface area contributed by atoms with Crippen molar-refractivity contribution in [1.82, 2.24) is 19.7 Å². The van der Waals surface area contributed by atoms with E-state index in [0.29, 0.717) is 23.6 Å². The zero-order valence-corrected chi connectivity index (χ0v) is 18.6. The van der Waals surface area contributed by atoms with Gasteiger partial charge in [-0.25, -0.2) is 18.7 Å². The Morgan fingerprint density at radius 1 is 1.22 bits per heavy atom. The number of benzene rings is 1. The number of rotatable bonds is 1. The Labute approximate surface area is 187 Å². The normalized spacial score (nSPS) is 15.2. The molecule has 9 heteroatoms. The van der Waals surface area contributed by atoms with Gasteiger partial charge >= 0.3 is 0 Å². The van der Waals surface area contributed by atoms with E-state index < -0.39 is 6.43 Å². The predicted octanol–water partition coefficient (Wildman–Crippen LogP) is 5.71. The van der Waals surface area contributed by atoms with Gasteiger partial charge < -0.3 is 10.5 Å². The van der Waals surface area contributed by atoms with Gasteiger partial charge in [-0.15, -0.1) is 11.3 Å². The molecule has 1 atom stereocenters. The van der Waals surface area contributed by atoms with Crippen LogP contribution in [0.15, 0.2) is 36.7 Å². The molecule has 0 aliphatic carbocycles. The average molecular weight is 454 g/mol. The monoisotopic (exact) mass is 453 g/mol. The number of halogens is 2. The van der Waals surface area contributed by atoms with Crippen molar-refractivity contribution >= 4 is 17.2 Å². The minimum atomic E-state index is -2.68. The van der Waals surface area contributed by atoms with Crippen LogP contribution in [0.4, 0.5) is 14.6 Å². The molecular formula is C23H21F2N5OS. The molecule has 4 heterocycles. The van der Waals surface area contributed by atoms with Gasteiger partial charge in [0.05, 0.1) is 39.6 Å². The van der Waals surface area contributed by atoms with Gasteiger partial charge in [-0.05, 0) is 26.8 Å². The molecule has 1 aliphatic heterocycles. The van der Waals surface area contributed by atoms with Gasteiger partial charge in [-0.3, -0.25) is 4.68 Å². The molecule has 32 heavy (non-hydrogen) atoms. The second-order valence-corrected chi connectivity index (χ2v) is 9.16. The third-order valence-corrected chi connectivity index (χ3v) is 6.52. The van der Waals surface area contributed by atoms with Crippen LogP contribution in [-0.4, -0.2) is 19.7 Å². The molecule has 0 spiro atoms. The van der Waals surface area contributed by atoms with Gasteiger partial charge in [0.2, 0.25) is 0 Å². The Hall–Kier alpha value is -3.33. The number of pyridine rings is 1. The summed E-state index contributed by atoms with van der Waals surface area (Å²) in [7, 11) is 0. The topological polar surface area (TPSA) is 78.9 Å². The van der Waals surface area contributed by atoms with Crippen molar-refractivity contribution in [2.75, 3.05) is 5.73 Å². The van der Waals surface area contributed by atoms with E-state index in [-0.39, 0.29) is 17.5 Å². The first-order chi connectivity index (χ1) is 15.3. The molecule has 1 aromatic carbocycles. The zero-order chi connectivity index (χ0) is 22.6. The van der Waals surface area contributed by atoms with Crippen LogP contribution < -0.4 is 10.5 Å². The van der Waals surface area contributed by atoms with Gasteiger partial charge in [0.1, 0.15) is 6.10 Å². The molecule has 0 radical (unpaired) electrons. The number of aryl methyl sites for hydroxylation is 2. The highest BCUT2D eigenvalue weighted by molar-refractivity contribution is 7.12. The first-order valence-electron chi connectivity index (χ1n) is 10.2. The highest BCUT2D eigenvalue weighted by Crippen LogP contribution is 2.40. The summed E-state index contributed by atoms with van der Waals surface area (Å²) >= 11 is 1.53. The van der Waals surface area contributed by atoms with Gasteiger partial charge in [-0.1, -0.05) is 23.8 Å². The van der Waals surface area contributed by atoms with Crippen molar-refractivity contribution in [1.29, 1.82) is 0 Å². The molecule has 0 unspecified atom stereocenters. The fourth-order valence-corrected chi connectivity index (χ4v) is 5.02. The summed E-state index contributed by atoms with van der Waals surface area (Å²) < 4.78 is 35.5. The van der Waals surface area contributed by atoms with Gasteiger partial charge in [0, 0.05) is 22.9 Å². The van der Waals surface area contributed by atoms with E-state index in [9.17, 15) is 8.78 Å². The van der Waals surface area contributed by atoms with E-state index in [1.165, 1.54) is 23.7 Å². The number of ether oxygens (including phenoxy) is 1. The SMILES string of the molecule is Cc1ccc2c(c1)[C@@H](C)Oc1cc(cnc1N)-c1c(C(F)F)cnn1Cc1sc(C)nc1-2. The Morgan fingerprint density at radius 3 is 2.81 bits per heavy atom. The highest BCUT2D eigenvalue weighted by Gasteiger charge is 2.26. The molecule has 2 N–H and O–H groups in total. The van der Waals surface area contributed by atoms with Gasteiger partial charge in [0.25, 0.3) is 6.43 Å². The van der Waals surface area contributed by atoms with Crippen molar-refractivity contribution in [3.05, 3.63) is 63.2 Å². The number of thiazole rings is 1. The lowest BCUT2D eigenvalue weighted by molar-refractivity contribution is 0.152. The molecule has 3 aromatic heterocycles. The fourth-order valence-electron chi connectivity index (χ4n) is 4.09. The standard InChI is InChI=1S/C23H21F2N5OS/c1-11-4-5-15-16(6-11)12(2)31-18-7-14(8-27-23(18)26)21-17(22(24)25)9-28-30(21)10-19-20(15)29-13(3)32-19/h4-9,12,22H,10H2,1-3H3,(H2,26,27)/t12-/m1/s1. The Balaban J connectivity index is 1.81. The number of anilines is 1. The Kier molecular flexibility index (Phi) is 4.93. The van der Waals surface area contributed by atoms with E-state index in [2.05, 4.69) is 16.1 Å². The summed E-state index contributed by atoms with van der Waals surface area (Å²) in [5, 5.41) is 5.18. The van der Waals surface area contributed by atoms with Crippen LogP contribution in [0.25, 0.3) is 22.5 Å². The molecule has 0 saturated carbocycles. The van der Waals surface area contributed by atoms with Crippen LogP contribution in [0.2, 0.25) is 0 Å². The van der Waals surface area contributed by atoms with Crippen LogP contribution in [0.5, 0.6) is 5.75 Å². The third-order valence-electron chi connectivity index (χ3n) is 5.56. The number of hydrogen-bond donors (Lipinski definition) is 1. The number of nitrogens with two attached hydrogens (primary N) is 1. The van der Waals surface area contributed by atoms with E-state index in [4.69, 9.17) is 15.5 Å². The molecule has 0 amide bonds. The number of aromatic nitrogens is 4. The molecule has 4 aromatic rings. The highest BCUT2D eigenvalue weighted by atomic mass is 32.1. The number of nitrogens with zero attached hydrogens (tertiary/aromatic N) is 4. The minimum absolute atomic E-state index is 0.161. The van der Waals surface area contributed by atoms with E-state index in [0.717, 1.165) is 32.3 Å². The molecular weight excluding hydrogens is 432 g/mol. The maximum atomic E-state index is 13.8. The summed E-state index contributed by atoms with van der Waals surface area (Å²) in [6.45, 7) is 6.20. The first kappa shape index (κ1) is 20.6. The van der Waals surface area contributed by atoms with E-state index >= 15 is 0 Å². The van der Waals surface area contributed by atoms with Crippen molar-refractivity contribution in [3.8, 4) is 28.3 Å². The van der Waals surface area contributed by atoms with Crippen LogP contribution in [0.3, 0.4) is 0 Å². The number of hydrogen-bond acceptors (Lipinski definition) is 6. The molecule has 1 aliphatic rings. The summed E-state index contributed by atoms with van der Waals surface area (Å²) in [4.78, 5) is 9.94. The maximum absolute atomic E-state index is 13.8. The smallest absolute Gasteiger partial charge is 0.267 e. The number of alkyl halides is 2. The van der Waals surface area contributed by atoms with Crippen LogP contribution in [-0.2, 0) is 6.54 Å². The lowest BCUT2D eigenvalue weighted by atomic mass is 9.97. The zero-order valence-electron chi connectivity index (χ0n) is 17.8. The molecule has 0 saturated heterocycles. The van der Waals surface area contributed by atoms with Crippen LogP contribution in [0.1, 0.15) is 46.0 Å². The molecule has 2 bridgehead atoms. The van der Waals surface area contributed by atoms with Gasteiger partial charge in [0.15, 0.2) is 11.6 Å². The summed E-state index contributed by atoms with van der Waals surface area (Å²) in [6, 6.07) is 7.79. The quantitative estimate of drug-likeness (QED) is 0.400. The average Bonchev–Trinajstić information content (AvgIpc) is 3.32.